The zero-order valence-electron chi connectivity index (χ0n) is 17.1. The third-order valence-electron chi connectivity index (χ3n) is 5.55. The van der Waals surface area contributed by atoms with E-state index in [2.05, 4.69) is 23.4 Å². The second-order valence-corrected chi connectivity index (χ2v) is 8.03. The smallest absolute Gasteiger partial charge is 0.222 e. The maximum absolute atomic E-state index is 11.9. The molecule has 5 heteroatoms. The topological polar surface area (TPSA) is 67.2 Å². The molecule has 1 heterocycles. The summed E-state index contributed by atoms with van der Waals surface area (Å²) in [5, 5.41) is 18.0. The molecule has 0 fully saturated rings. The Bertz CT molecular complexity index is 865. The zero-order chi connectivity index (χ0) is 19.7. The first-order valence-electron chi connectivity index (χ1n) is 9.93. The molecule has 0 saturated carbocycles. The molecule has 0 atom stereocenters. The highest BCUT2D eigenvalue weighted by Gasteiger charge is 2.22. The van der Waals surface area contributed by atoms with E-state index in [1.54, 1.807) is 0 Å². The van der Waals surface area contributed by atoms with E-state index in [-0.39, 0.29) is 11.9 Å². The molecule has 5 nitrogen and oxygen atoms in total. The van der Waals surface area contributed by atoms with Crippen molar-refractivity contribution in [1.29, 1.82) is 0 Å². The van der Waals surface area contributed by atoms with E-state index in [0.29, 0.717) is 18.7 Å². The Kier molecular flexibility index (Phi) is 5.59. The van der Waals surface area contributed by atoms with E-state index >= 15 is 0 Å². The second kappa shape index (κ2) is 7.75. The fourth-order valence-corrected chi connectivity index (χ4v) is 4.17. The summed E-state index contributed by atoms with van der Waals surface area (Å²) in [5.74, 6) is 0.539. The lowest BCUT2D eigenvalue weighted by molar-refractivity contribution is -0.121. The molecule has 0 radical (unpaired) electrons. The van der Waals surface area contributed by atoms with Gasteiger partial charge in [-0.3, -0.25) is 9.48 Å². The molecule has 1 aromatic heterocycles. The number of phenolic OH excluding ortho intramolecular Hbond substituents is 1. The fourth-order valence-electron chi connectivity index (χ4n) is 4.17. The number of hydrogen-bond donors (Lipinski definition) is 2. The maximum Gasteiger partial charge on any atom is 0.222 e. The van der Waals surface area contributed by atoms with Crippen LogP contribution in [0.1, 0.15) is 65.9 Å². The number of hydrogen-bond acceptors (Lipinski definition) is 3. The van der Waals surface area contributed by atoms with Crippen LogP contribution in [-0.4, -0.2) is 26.8 Å². The molecule has 1 aliphatic carbocycles. The van der Waals surface area contributed by atoms with Crippen LogP contribution >= 0.6 is 0 Å². The van der Waals surface area contributed by atoms with Gasteiger partial charge < -0.3 is 10.4 Å². The molecule has 1 amide bonds. The van der Waals surface area contributed by atoms with Gasteiger partial charge in [0, 0.05) is 36.7 Å². The van der Waals surface area contributed by atoms with Gasteiger partial charge in [0.1, 0.15) is 5.75 Å². The number of fused-ring (bicyclic) bond motifs is 1. The number of aromatic hydroxyl groups is 1. The van der Waals surface area contributed by atoms with Crippen LogP contribution in [0.25, 0.3) is 0 Å². The predicted octanol–water partition coefficient (Wildman–Crippen LogP) is 3.51. The van der Waals surface area contributed by atoms with Crippen LogP contribution in [0.15, 0.2) is 6.07 Å². The SMILES string of the molecule is Cc1cc(Cc2c(C)nn(CCC(=O)NC(C)C)c2C)c2c(c1O)CCC2. The molecule has 1 aromatic carbocycles. The van der Waals surface area contributed by atoms with Crippen molar-refractivity contribution in [1.82, 2.24) is 15.1 Å². The number of nitrogens with zero attached hydrogens (tertiary/aromatic N) is 2. The van der Waals surface area contributed by atoms with E-state index in [0.717, 1.165) is 48.2 Å². The summed E-state index contributed by atoms with van der Waals surface area (Å²) in [6.45, 7) is 10.6. The van der Waals surface area contributed by atoms with Gasteiger partial charge in [-0.1, -0.05) is 6.07 Å². The number of carbonyl (C=O) groups excluding carboxylic acids is 1. The molecular formula is C22H31N3O2. The number of amides is 1. The summed E-state index contributed by atoms with van der Waals surface area (Å²) >= 11 is 0. The van der Waals surface area contributed by atoms with Gasteiger partial charge >= 0.3 is 0 Å². The summed E-state index contributed by atoms with van der Waals surface area (Å²) in [4.78, 5) is 11.9. The minimum Gasteiger partial charge on any atom is -0.507 e. The quantitative estimate of drug-likeness (QED) is 0.819. The summed E-state index contributed by atoms with van der Waals surface area (Å²) < 4.78 is 1.96. The summed E-state index contributed by atoms with van der Waals surface area (Å²) in [5.41, 5.74) is 8.11. The lowest BCUT2D eigenvalue weighted by atomic mass is 9.93. The maximum atomic E-state index is 11.9. The molecule has 0 spiro atoms. The van der Waals surface area contributed by atoms with Crippen molar-refractivity contribution in [3.05, 3.63) is 45.3 Å². The summed E-state index contributed by atoms with van der Waals surface area (Å²) in [7, 11) is 0. The highest BCUT2D eigenvalue weighted by Crippen LogP contribution is 2.36. The van der Waals surface area contributed by atoms with Crippen molar-refractivity contribution in [2.24, 2.45) is 0 Å². The summed E-state index contributed by atoms with van der Waals surface area (Å²) in [6, 6.07) is 2.29. The first kappa shape index (κ1) is 19.5. The third-order valence-corrected chi connectivity index (χ3v) is 5.55. The van der Waals surface area contributed by atoms with E-state index in [4.69, 9.17) is 0 Å². The van der Waals surface area contributed by atoms with Crippen LogP contribution in [0.4, 0.5) is 0 Å². The Morgan fingerprint density at radius 1 is 1.26 bits per heavy atom. The van der Waals surface area contributed by atoms with Crippen molar-refractivity contribution in [3.8, 4) is 5.75 Å². The minimum absolute atomic E-state index is 0.0612. The van der Waals surface area contributed by atoms with Crippen LogP contribution in [0, 0.1) is 20.8 Å². The second-order valence-electron chi connectivity index (χ2n) is 8.03. The zero-order valence-corrected chi connectivity index (χ0v) is 17.1. The molecule has 0 aliphatic heterocycles. The van der Waals surface area contributed by atoms with Crippen LogP contribution in [0.2, 0.25) is 0 Å². The number of aromatic nitrogens is 2. The fraction of sp³-hybridized carbons (Fsp3) is 0.545. The molecule has 0 unspecified atom stereocenters. The predicted molar refractivity (Wildman–Crippen MR) is 107 cm³/mol. The lowest BCUT2D eigenvalue weighted by Gasteiger charge is -2.13. The third kappa shape index (κ3) is 4.02. The van der Waals surface area contributed by atoms with Gasteiger partial charge in [-0.15, -0.1) is 0 Å². The lowest BCUT2D eigenvalue weighted by Crippen LogP contribution is -2.30. The molecule has 2 aromatic rings. The molecule has 2 N–H and O–H groups in total. The average molecular weight is 370 g/mol. The molecule has 27 heavy (non-hydrogen) atoms. The van der Waals surface area contributed by atoms with E-state index in [1.165, 1.54) is 16.7 Å². The highest BCUT2D eigenvalue weighted by atomic mass is 16.3. The van der Waals surface area contributed by atoms with Gasteiger partial charge in [0.2, 0.25) is 5.91 Å². The van der Waals surface area contributed by atoms with Gasteiger partial charge in [-0.05, 0) is 76.1 Å². The normalized spacial score (nSPS) is 13.3. The Morgan fingerprint density at radius 3 is 2.67 bits per heavy atom. The molecule has 146 valence electrons. The number of rotatable bonds is 6. The molecule has 1 aliphatic rings. The monoisotopic (exact) mass is 369 g/mol. The van der Waals surface area contributed by atoms with Crippen molar-refractivity contribution in [2.75, 3.05) is 0 Å². The number of aryl methyl sites for hydroxylation is 3. The van der Waals surface area contributed by atoms with Crippen molar-refractivity contribution in [3.63, 3.8) is 0 Å². The van der Waals surface area contributed by atoms with Crippen LogP contribution in [0.3, 0.4) is 0 Å². The Labute approximate surface area is 161 Å². The van der Waals surface area contributed by atoms with Gasteiger partial charge in [0.25, 0.3) is 0 Å². The van der Waals surface area contributed by atoms with Crippen molar-refractivity contribution < 1.29 is 9.90 Å². The van der Waals surface area contributed by atoms with E-state index in [1.807, 2.05) is 32.4 Å². The number of benzene rings is 1. The molecule has 0 saturated heterocycles. The van der Waals surface area contributed by atoms with Gasteiger partial charge in [-0.25, -0.2) is 0 Å². The van der Waals surface area contributed by atoms with E-state index in [9.17, 15) is 9.90 Å². The molecule has 3 rings (SSSR count). The standard InChI is InChI=1S/C22H31N3O2/c1-13(2)23-21(26)9-10-25-16(5)20(15(4)24-25)12-17-11-14(3)22(27)19-8-6-7-18(17)19/h11,13,27H,6-10,12H2,1-5H3,(H,23,26). The van der Waals surface area contributed by atoms with E-state index < -0.39 is 0 Å². The Balaban J connectivity index is 1.81. The van der Waals surface area contributed by atoms with Crippen LogP contribution < -0.4 is 5.32 Å². The van der Waals surface area contributed by atoms with Crippen molar-refractivity contribution >= 4 is 5.91 Å². The molecule has 0 bridgehead atoms. The van der Waals surface area contributed by atoms with Crippen molar-refractivity contribution in [2.45, 2.75) is 79.3 Å². The van der Waals surface area contributed by atoms with Crippen LogP contribution in [0.5, 0.6) is 5.75 Å². The number of carbonyl (C=O) groups is 1. The minimum atomic E-state index is 0.0612. The summed E-state index contributed by atoms with van der Waals surface area (Å²) in [6.07, 6.45) is 4.40. The first-order valence-corrected chi connectivity index (χ1v) is 9.93. The average Bonchev–Trinajstić information content (AvgIpc) is 3.17. The van der Waals surface area contributed by atoms with Gasteiger partial charge in [0.05, 0.1) is 5.69 Å². The van der Waals surface area contributed by atoms with Gasteiger partial charge in [0.15, 0.2) is 0 Å². The number of nitrogens with one attached hydrogen (secondary N) is 1. The highest BCUT2D eigenvalue weighted by molar-refractivity contribution is 5.76. The largest absolute Gasteiger partial charge is 0.507 e. The van der Waals surface area contributed by atoms with Crippen LogP contribution in [-0.2, 0) is 30.6 Å². The Morgan fingerprint density at radius 2 is 1.96 bits per heavy atom. The Hall–Kier alpha value is -2.30. The first-order chi connectivity index (χ1) is 12.8. The van der Waals surface area contributed by atoms with Gasteiger partial charge in [-0.2, -0.15) is 5.10 Å². The number of phenols is 1. The molecular weight excluding hydrogens is 338 g/mol.